The summed E-state index contributed by atoms with van der Waals surface area (Å²) in [6.07, 6.45) is 1.31. The van der Waals surface area contributed by atoms with E-state index >= 15 is 0 Å². The number of hydrogen-bond acceptors (Lipinski definition) is 8. The second-order valence-corrected chi connectivity index (χ2v) is 6.30. The van der Waals surface area contributed by atoms with Gasteiger partial charge in [-0.05, 0) is 26.8 Å². The molecule has 9 heteroatoms. The molecule has 0 bridgehead atoms. The number of carboxylic acid groups (broad SMARTS) is 1. The summed E-state index contributed by atoms with van der Waals surface area (Å²) in [6, 6.07) is 6.04. The van der Waals surface area contributed by atoms with Crippen LogP contribution in [0, 0.1) is 0 Å². The van der Waals surface area contributed by atoms with E-state index in [-0.39, 0.29) is 29.1 Å². The lowest BCUT2D eigenvalue weighted by Gasteiger charge is -2.15. The fraction of sp³-hybridized carbons (Fsp3) is 0.333. The zero-order valence-corrected chi connectivity index (χ0v) is 15.7. The molecule has 0 saturated heterocycles. The minimum atomic E-state index is -1.20. The number of carbonyl (C=O) groups is 1. The number of methoxy groups -OCH3 is 2. The first kappa shape index (κ1) is 20.0. The van der Waals surface area contributed by atoms with Crippen molar-refractivity contribution in [1.82, 2.24) is 9.97 Å². The quantitative estimate of drug-likeness (QED) is 0.580. The van der Waals surface area contributed by atoms with Gasteiger partial charge in [0.1, 0.15) is 16.9 Å². The molecular formula is C18H21N3O6. The van der Waals surface area contributed by atoms with E-state index < -0.39 is 11.6 Å². The Morgan fingerprint density at radius 3 is 2.30 bits per heavy atom. The van der Waals surface area contributed by atoms with Crippen LogP contribution in [-0.2, 0) is 4.84 Å². The maximum atomic E-state index is 11.8. The van der Waals surface area contributed by atoms with Crippen molar-refractivity contribution in [2.24, 2.45) is 5.16 Å². The molecule has 0 fully saturated rings. The van der Waals surface area contributed by atoms with E-state index in [9.17, 15) is 9.90 Å². The highest BCUT2D eigenvalue weighted by atomic mass is 16.6. The van der Waals surface area contributed by atoms with Gasteiger partial charge in [-0.3, -0.25) is 0 Å². The number of nitrogens with zero attached hydrogens (tertiary/aromatic N) is 3. The van der Waals surface area contributed by atoms with Crippen molar-refractivity contribution in [3.63, 3.8) is 0 Å². The summed E-state index contributed by atoms with van der Waals surface area (Å²) in [4.78, 5) is 25.1. The van der Waals surface area contributed by atoms with Crippen molar-refractivity contribution >= 4 is 12.2 Å². The topological polar surface area (TPSA) is 112 Å². The molecule has 1 aromatic heterocycles. The SMILES string of the molecule is COc1cc(OC)nc(Oc2cccc(C=NOC(C)(C)C)c2C(=O)O)n1. The van der Waals surface area contributed by atoms with Crippen molar-refractivity contribution in [3.8, 4) is 23.5 Å². The molecule has 0 spiro atoms. The molecule has 1 heterocycles. The van der Waals surface area contributed by atoms with E-state index in [0.29, 0.717) is 5.56 Å². The second kappa shape index (κ2) is 8.35. The smallest absolute Gasteiger partial charge is 0.340 e. The van der Waals surface area contributed by atoms with Crippen molar-refractivity contribution in [2.45, 2.75) is 26.4 Å². The summed E-state index contributed by atoms with van der Waals surface area (Å²) in [7, 11) is 2.86. The highest BCUT2D eigenvalue weighted by Gasteiger charge is 2.19. The summed E-state index contributed by atoms with van der Waals surface area (Å²) < 4.78 is 15.7. The maximum Gasteiger partial charge on any atom is 0.340 e. The number of aromatic carboxylic acids is 1. The molecule has 0 amide bonds. The monoisotopic (exact) mass is 375 g/mol. The van der Waals surface area contributed by atoms with Crippen molar-refractivity contribution < 1.29 is 28.9 Å². The highest BCUT2D eigenvalue weighted by Crippen LogP contribution is 2.28. The van der Waals surface area contributed by atoms with Crippen LogP contribution in [0.2, 0.25) is 0 Å². The van der Waals surface area contributed by atoms with Crippen molar-refractivity contribution in [1.29, 1.82) is 0 Å². The summed E-state index contributed by atoms with van der Waals surface area (Å²) in [5.74, 6) is -0.731. The molecule has 0 radical (unpaired) electrons. The standard InChI is InChI=1S/C18H21N3O6/c1-18(2,3)27-19-10-11-7-6-8-12(15(11)16(22)23)26-17-20-13(24-4)9-14(21-17)25-5/h6-10H,1-5H3,(H,22,23). The van der Waals surface area contributed by atoms with Crippen LogP contribution in [0.1, 0.15) is 36.7 Å². The zero-order chi connectivity index (χ0) is 20.0. The highest BCUT2D eigenvalue weighted by molar-refractivity contribution is 6.00. The number of hydrogen-bond donors (Lipinski definition) is 1. The Morgan fingerprint density at radius 1 is 1.15 bits per heavy atom. The lowest BCUT2D eigenvalue weighted by Crippen LogP contribution is -2.15. The summed E-state index contributed by atoms with van der Waals surface area (Å²) in [6.45, 7) is 5.49. The molecule has 27 heavy (non-hydrogen) atoms. The second-order valence-electron chi connectivity index (χ2n) is 6.30. The van der Waals surface area contributed by atoms with Crippen LogP contribution in [0.25, 0.3) is 0 Å². The van der Waals surface area contributed by atoms with Gasteiger partial charge >= 0.3 is 12.0 Å². The van der Waals surface area contributed by atoms with E-state index in [1.54, 1.807) is 12.1 Å². The number of carboxylic acids is 1. The average Bonchev–Trinajstić information content (AvgIpc) is 2.60. The average molecular weight is 375 g/mol. The van der Waals surface area contributed by atoms with Gasteiger partial charge in [-0.25, -0.2) is 4.79 Å². The minimum Gasteiger partial charge on any atom is -0.481 e. The van der Waals surface area contributed by atoms with E-state index in [2.05, 4.69) is 15.1 Å². The molecule has 2 rings (SSSR count). The first-order valence-electron chi connectivity index (χ1n) is 7.96. The van der Waals surface area contributed by atoms with Crippen molar-refractivity contribution in [2.75, 3.05) is 14.2 Å². The molecule has 2 aromatic rings. The van der Waals surface area contributed by atoms with Gasteiger partial charge in [-0.1, -0.05) is 17.3 Å². The third-order valence-electron chi connectivity index (χ3n) is 3.07. The fourth-order valence-corrected chi connectivity index (χ4v) is 1.95. The van der Waals surface area contributed by atoms with E-state index in [4.69, 9.17) is 19.0 Å². The third kappa shape index (κ3) is 5.56. The predicted molar refractivity (Wildman–Crippen MR) is 97.0 cm³/mol. The van der Waals surface area contributed by atoms with Crippen LogP contribution in [0.15, 0.2) is 29.4 Å². The number of rotatable bonds is 7. The summed E-state index contributed by atoms with van der Waals surface area (Å²) >= 11 is 0. The lowest BCUT2D eigenvalue weighted by molar-refractivity contribution is 0.00199. The van der Waals surface area contributed by atoms with E-state index in [0.717, 1.165) is 0 Å². The summed E-state index contributed by atoms with van der Waals surface area (Å²) in [5, 5.41) is 13.5. The zero-order valence-electron chi connectivity index (χ0n) is 15.7. The van der Waals surface area contributed by atoms with Crippen LogP contribution in [-0.4, -0.2) is 47.1 Å². The molecule has 0 unspecified atom stereocenters. The minimum absolute atomic E-state index is 0.0394. The Labute approximate surface area is 156 Å². The van der Waals surface area contributed by atoms with Crippen LogP contribution >= 0.6 is 0 Å². The molecular weight excluding hydrogens is 354 g/mol. The van der Waals surface area contributed by atoms with E-state index in [1.165, 1.54) is 32.6 Å². The van der Waals surface area contributed by atoms with Gasteiger partial charge in [-0.2, -0.15) is 9.97 Å². The van der Waals surface area contributed by atoms with Crippen LogP contribution in [0.4, 0.5) is 0 Å². The van der Waals surface area contributed by atoms with Crippen LogP contribution in [0.3, 0.4) is 0 Å². The van der Waals surface area contributed by atoms with Gasteiger partial charge in [0.25, 0.3) is 0 Å². The number of oxime groups is 1. The Kier molecular flexibility index (Phi) is 6.17. The van der Waals surface area contributed by atoms with Crippen LogP contribution < -0.4 is 14.2 Å². The normalized spacial score (nSPS) is 11.3. The molecule has 1 N–H and O–H groups in total. The lowest BCUT2D eigenvalue weighted by atomic mass is 10.1. The molecule has 1 aromatic carbocycles. The predicted octanol–water partition coefficient (Wildman–Crippen LogP) is 3.13. The summed E-state index contributed by atoms with van der Waals surface area (Å²) in [5.41, 5.74) is -0.304. The third-order valence-corrected chi connectivity index (χ3v) is 3.07. The van der Waals surface area contributed by atoms with Crippen LogP contribution in [0.5, 0.6) is 23.5 Å². The van der Waals surface area contributed by atoms with E-state index in [1.807, 2.05) is 20.8 Å². The van der Waals surface area contributed by atoms with Gasteiger partial charge in [0.05, 0.1) is 26.5 Å². The molecule has 0 aliphatic heterocycles. The van der Waals surface area contributed by atoms with Gasteiger partial charge in [0, 0.05) is 5.56 Å². The molecule has 0 aliphatic rings. The first-order chi connectivity index (χ1) is 12.7. The molecule has 9 nitrogen and oxygen atoms in total. The Balaban J connectivity index is 2.40. The number of ether oxygens (including phenoxy) is 3. The Hall–Kier alpha value is -3.36. The molecule has 0 atom stereocenters. The number of aromatic nitrogens is 2. The maximum absolute atomic E-state index is 11.8. The molecule has 0 aliphatic carbocycles. The largest absolute Gasteiger partial charge is 0.481 e. The van der Waals surface area contributed by atoms with Gasteiger partial charge in [0.15, 0.2) is 0 Å². The number of benzene rings is 1. The van der Waals surface area contributed by atoms with Gasteiger partial charge in [-0.15, -0.1) is 0 Å². The molecule has 144 valence electrons. The Morgan fingerprint density at radius 2 is 1.78 bits per heavy atom. The van der Waals surface area contributed by atoms with Crippen molar-refractivity contribution in [3.05, 3.63) is 35.4 Å². The van der Waals surface area contributed by atoms with Gasteiger partial charge in [0.2, 0.25) is 11.8 Å². The van der Waals surface area contributed by atoms with Gasteiger partial charge < -0.3 is 24.2 Å². The molecule has 0 saturated carbocycles. The Bertz CT molecular complexity index is 823. The first-order valence-corrected chi connectivity index (χ1v) is 7.96. The fourth-order valence-electron chi connectivity index (χ4n) is 1.95.